The van der Waals surface area contributed by atoms with Crippen molar-refractivity contribution in [1.29, 1.82) is 0 Å². The van der Waals surface area contributed by atoms with Gasteiger partial charge in [0.1, 0.15) is 11.4 Å². The van der Waals surface area contributed by atoms with Crippen LogP contribution in [0.1, 0.15) is 6.92 Å². The summed E-state index contributed by atoms with van der Waals surface area (Å²) in [5.74, 6) is 5.35. The lowest BCUT2D eigenvalue weighted by atomic mass is 10.2. The number of nitro groups is 1. The van der Waals surface area contributed by atoms with Gasteiger partial charge >= 0.3 is 5.69 Å². The van der Waals surface area contributed by atoms with Crippen molar-refractivity contribution in [3.63, 3.8) is 0 Å². The van der Waals surface area contributed by atoms with Crippen molar-refractivity contribution in [1.82, 2.24) is 4.90 Å². The highest BCUT2D eigenvalue weighted by Crippen LogP contribution is 2.35. The molecule has 3 N–H and O–H groups in total. The van der Waals surface area contributed by atoms with Crippen molar-refractivity contribution in [3.8, 4) is 0 Å². The largest absolute Gasteiger partial charge is 0.363 e. The fraction of sp³-hybridized carbons (Fsp3) is 0.500. The van der Waals surface area contributed by atoms with Crippen LogP contribution >= 0.6 is 0 Å². The lowest BCUT2D eigenvalue weighted by Gasteiger charge is -2.35. The standard InChI is InChI=1S/C12H19N5O2/c1-2-15-6-8-16(9-7-15)11-5-3-4-10(14-13)12(11)17(18)19/h3-5,14H,2,6-9,13H2,1H3. The average molecular weight is 265 g/mol. The van der Waals surface area contributed by atoms with Crippen LogP contribution < -0.4 is 16.2 Å². The Morgan fingerprint density at radius 3 is 2.58 bits per heavy atom. The van der Waals surface area contributed by atoms with Gasteiger partial charge in [-0.05, 0) is 18.7 Å². The molecule has 0 atom stereocenters. The molecule has 7 heteroatoms. The number of nitrogens with one attached hydrogen (secondary N) is 1. The van der Waals surface area contributed by atoms with E-state index in [2.05, 4.69) is 17.2 Å². The minimum atomic E-state index is -0.378. The topological polar surface area (TPSA) is 87.7 Å². The van der Waals surface area contributed by atoms with Crippen LogP contribution in [0.25, 0.3) is 0 Å². The summed E-state index contributed by atoms with van der Waals surface area (Å²) in [4.78, 5) is 15.2. The lowest BCUT2D eigenvalue weighted by molar-refractivity contribution is -0.383. The van der Waals surface area contributed by atoms with Crippen molar-refractivity contribution in [3.05, 3.63) is 28.3 Å². The minimum Gasteiger partial charge on any atom is -0.363 e. The maximum atomic E-state index is 11.2. The van der Waals surface area contributed by atoms with Gasteiger partial charge in [-0.1, -0.05) is 13.0 Å². The zero-order valence-corrected chi connectivity index (χ0v) is 11.0. The molecule has 0 aromatic heterocycles. The third kappa shape index (κ3) is 2.77. The van der Waals surface area contributed by atoms with Crippen molar-refractivity contribution in [2.24, 2.45) is 5.84 Å². The number of nitrogens with two attached hydrogens (primary N) is 1. The molecule has 0 bridgehead atoms. The van der Waals surface area contributed by atoms with Crippen LogP contribution in [0.4, 0.5) is 17.1 Å². The second-order valence-corrected chi connectivity index (χ2v) is 4.50. The van der Waals surface area contributed by atoms with Gasteiger partial charge < -0.3 is 15.2 Å². The van der Waals surface area contributed by atoms with Crippen LogP contribution in [0.3, 0.4) is 0 Å². The second kappa shape index (κ2) is 5.85. The maximum absolute atomic E-state index is 11.2. The zero-order valence-electron chi connectivity index (χ0n) is 11.0. The van der Waals surface area contributed by atoms with Gasteiger partial charge in [0.25, 0.3) is 0 Å². The zero-order chi connectivity index (χ0) is 13.8. The molecule has 0 aliphatic carbocycles. The predicted molar refractivity (Wildman–Crippen MR) is 75.2 cm³/mol. The SMILES string of the molecule is CCN1CCN(c2cccc(NN)c2[N+](=O)[O-])CC1. The van der Waals surface area contributed by atoms with E-state index in [1.54, 1.807) is 18.2 Å². The monoisotopic (exact) mass is 265 g/mol. The summed E-state index contributed by atoms with van der Waals surface area (Å²) in [6, 6.07) is 5.17. The number of nitrogens with zero attached hydrogens (tertiary/aromatic N) is 3. The van der Waals surface area contributed by atoms with Crippen molar-refractivity contribution in [2.45, 2.75) is 6.92 Å². The molecule has 1 aliphatic heterocycles. The molecule has 0 saturated carbocycles. The number of anilines is 2. The van der Waals surface area contributed by atoms with Crippen LogP contribution in [0.15, 0.2) is 18.2 Å². The van der Waals surface area contributed by atoms with Crippen LogP contribution in [0.2, 0.25) is 0 Å². The second-order valence-electron chi connectivity index (χ2n) is 4.50. The van der Waals surface area contributed by atoms with Gasteiger partial charge in [0.2, 0.25) is 0 Å². The molecule has 2 rings (SSSR count). The van der Waals surface area contributed by atoms with E-state index in [1.165, 1.54) is 0 Å². The van der Waals surface area contributed by atoms with Crippen LogP contribution in [0, 0.1) is 10.1 Å². The molecule has 0 radical (unpaired) electrons. The number of nitro benzene ring substituents is 1. The molecular weight excluding hydrogens is 246 g/mol. The van der Waals surface area contributed by atoms with Gasteiger partial charge in [0.05, 0.1) is 4.92 Å². The molecular formula is C12H19N5O2. The maximum Gasteiger partial charge on any atom is 0.316 e. The number of hydrazine groups is 1. The highest BCUT2D eigenvalue weighted by Gasteiger charge is 2.25. The number of nitrogen functional groups attached to an aromatic ring is 1. The molecule has 0 amide bonds. The highest BCUT2D eigenvalue weighted by molar-refractivity contribution is 5.76. The molecule has 1 aliphatic rings. The molecule has 1 fully saturated rings. The molecule has 0 unspecified atom stereocenters. The van der Waals surface area contributed by atoms with E-state index in [1.807, 2.05) is 4.90 Å². The Bertz CT molecular complexity index is 457. The van der Waals surface area contributed by atoms with Gasteiger partial charge in [-0.3, -0.25) is 16.0 Å². The number of hydrogen-bond acceptors (Lipinski definition) is 6. The highest BCUT2D eigenvalue weighted by atomic mass is 16.6. The Balaban J connectivity index is 2.27. The number of rotatable bonds is 4. The number of piperazine rings is 1. The molecule has 1 aromatic rings. The number of benzene rings is 1. The van der Waals surface area contributed by atoms with Gasteiger partial charge in [0.15, 0.2) is 0 Å². The Labute approximate surface area is 112 Å². The van der Waals surface area contributed by atoms with Crippen LogP contribution in [-0.2, 0) is 0 Å². The first-order chi connectivity index (χ1) is 9.17. The molecule has 1 saturated heterocycles. The van der Waals surface area contributed by atoms with E-state index in [9.17, 15) is 10.1 Å². The summed E-state index contributed by atoms with van der Waals surface area (Å²) in [6.07, 6.45) is 0. The molecule has 7 nitrogen and oxygen atoms in total. The van der Waals surface area contributed by atoms with Crippen molar-refractivity contribution < 1.29 is 4.92 Å². The van der Waals surface area contributed by atoms with E-state index >= 15 is 0 Å². The molecule has 1 heterocycles. The minimum absolute atomic E-state index is 0.0509. The van der Waals surface area contributed by atoms with Crippen LogP contribution in [0.5, 0.6) is 0 Å². The molecule has 104 valence electrons. The Morgan fingerprint density at radius 1 is 1.37 bits per heavy atom. The smallest absolute Gasteiger partial charge is 0.316 e. The lowest BCUT2D eigenvalue weighted by Crippen LogP contribution is -2.46. The molecule has 0 spiro atoms. The molecule has 1 aromatic carbocycles. The van der Waals surface area contributed by atoms with Gasteiger partial charge in [-0.25, -0.2) is 0 Å². The fourth-order valence-electron chi connectivity index (χ4n) is 2.40. The summed E-state index contributed by atoms with van der Waals surface area (Å²) in [5, 5.41) is 11.2. The summed E-state index contributed by atoms with van der Waals surface area (Å²) in [7, 11) is 0. The van der Waals surface area contributed by atoms with Crippen molar-refractivity contribution >= 4 is 17.1 Å². The number of hydrogen-bond donors (Lipinski definition) is 2. The third-order valence-electron chi connectivity index (χ3n) is 3.51. The third-order valence-corrected chi connectivity index (χ3v) is 3.51. The fourth-order valence-corrected chi connectivity index (χ4v) is 2.40. The Morgan fingerprint density at radius 2 is 2.05 bits per heavy atom. The van der Waals surface area contributed by atoms with Gasteiger partial charge in [-0.15, -0.1) is 0 Å². The van der Waals surface area contributed by atoms with Crippen molar-refractivity contribution in [2.75, 3.05) is 43.0 Å². The van der Waals surface area contributed by atoms with Gasteiger partial charge in [0, 0.05) is 26.2 Å². The van der Waals surface area contributed by atoms with E-state index in [4.69, 9.17) is 5.84 Å². The quantitative estimate of drug-likeness (QED) is 0.480. The first kappa shape index (κ1) is 13.6. The Kier molecular flexibility index (Phi) is 4.18. The van der Waals surface area contributed by atoms with Gasteiger partial charge in [-0.2, -0.15) is 0 Å². The van der Waals surface area contributed by atoms with E-state index in [-0.39, 0.29) is 10.6 Å². The summed E-state index contributed by atoms with van der Waals surface area (Å²) >= 11 is 0. The van der Waals surface area contributed by atoms with Crippen LogP contribution in [-0.4, -0.2) is 42.5 Å². The predicted octanol–water partition coefficient (Wildman–Crippen LogP) is 1.02. The Hall–Kier alpha value is -1.86. The summed E-state index contributed by atoms with van der Waals surface area (Å²) in [5.41, 5.74) is 3.43. The molecule has 19 heavy (non-hydrogen) atoms. The normalized spacial score (nSPS) is 16.4. The van der Waals surface area contributed by atoms with E-state index in [0.29, 0.717) is 11.4 Å². The average Bonchev–Trinajstić information content (AvgIpc) is 2.46. The summed E-state index contributed by atoms with van der Waals surface area (Å²) < 4.78 is 0. The number of para-hydroxylation sites is 1. The summed E-state index contributed by atoms with van der Waals surface area (Å²) in [6.45, 7) is 6.57. The number of likely N-dealkylation sites (N-methyl/N-ethyl adjacent to an activating group) is 1. The first-order valence-electron chi connectivity index (χ1n) is 6.38. The first-order valence-corrected chi connectivity index (χ1v) is 6.38. The van der Waals surface area contributed by atoms with E-state index in [0.717, 1.165) is 32.7 Å². The van der Waals surface area contributed by atoms with E-state index < -0.39 is 0 Å².